The van der Waals surface area contributed by atoms with Crippen LogP contribution in [0.1, 0.15) is 0 Å². The Morgan fingerprint density at radius 3 is 2.29 bits per heavy atom. The van der Waals surface area contributed by atoms with Gasteiger partial charge >= 0.3 is 5.15 Å². The van der Waals surface area contributed by atoms with Crippen LogP contribution in [0, 0.1) is 0 Å². The lowest BCUT2D eigenvalue weighted by atomic mass is 10.5. The molecule has 0 aliphatic carbocycles. The second-order valence-electron chi connectivity index (χ2n) is 2.24. The smallest absolute Gasteiger partial charge is 0.325 e. The van der Waals surface area contributed by atoms with Gasteiger partial charge in [-0.25, -0.2) is 8.42 Å². The van der Waals surface area contributed by atoms with E-state index in [4.69, 9.17) is 29.4 Å². The first-order valence-corrected chi connectivity index (χ1v) is 5.65. The Kier molecular flexibility index (Phi) is 5.44. The zero-order chi connectivity index (χ0) is 11.2. The number of aromatic nitrogens is 1. The Bertz CT molecular complexity index is 371. The third-order valence-electron chi connectivity index (χ3n) is 0.974. The molecule has 1 aromatic heterocycles. The molecule has 0 spiro atoms. The molecule has 0 unspecified atom stereocenters. The van der Waals surface area contributed by atoms with Crippen molar-refractivity contribution >= 4 is 21.7 Å². The van der Waals surface area contributed by atoms with E-state index >= 15 is 0 Å². The van der Waals surface area contributed by atoms with E-state index in [0.717, 1.165) is 0 Å². The van der Waals surface area contributed by atoms with Gasteiger partial charge in [0.15, 0.2) is 0 Å². The SMILES string of the molecule is CO[n+]1ccccc1Cl.CS(=O)(=O)[O-]. The fourth-order valence-electron chi connectivity index (χ4n) is 0.556. The summed E-state index contributed by atoms with van der Waals surface area (Å²) in [5.74, 6) is 0. The molecule has 0 aliphatic heterocycles. The summed E-state index contributed by atoms with van der Waals surface area (Å²) in [5, 5.41) is 0.569. The van der Waals surface area contributed by atoms with E-state index < -0.39 is 10.1 Å². The van der Waals surface area contributed by atoms with Crippen LogP contribution in [0.2, 0.25) is 5.15 Å². The number of hydrogen-bond donors (Lipinski definition) is 0. The highest BCUT2D eigenvalue weighted by Crippen LogP contribution is 1.96. The van der Waals surface area contributed by atoms with Crippen LogP contribution in [0.5, 0.6) is 0 Å². The predicted octanol–water partition coefficient (Wildman–Crippen LogP) is -0.153. The molecular formula is C7H10ClNO4S. The summed E-state index contributed by atoms with van der Waals surface area (Å²) in [6.45, 7) is 0. The molecule has 0 fully saturated rings. The Hall–Kier alpha value is -0.850. The van der Waals surface area contributed by atoms with E-state index in [9.17, 15) is 0 Å². The third kappa shape index (κ3) is 7.78. The van der Waals surface area contributed by atoms with Crippen molar-refractivity contribution in [2.75, 3.05) is 13.4 Å². The number of rotatable bonds is 1. The third-order valence-corrected chi connectivity index (χ3v) is 1.27. The van der Waals surface area contributed by atoms with Crippen molar-refractivity contribution in [3.8, 4) is 0 Å². The molecule has 0 saturated heterocycles. The Morgan fingerprint density at radius 1 is 1.50 bits per heavy atom. The van der Waals surface area contributed by atoms with Gasteiger partial charge in [-0.3, -0.25) is 4.84 Å². The molecule has 14 heavy (non-hydrogen) atoms. The lowest BCUT2D eigenvalue weighted by Crippen LogP contribution is -2.40. The van der Waals surface area contributed by atoms with Crippen molar-refractivity contribution in [1.82, 2.24) is 0 Å². The maximum Gasteiger partial charge on any atom is 0.325 e. The van der Waals surface area contributed by atoms with Gasteiger partial charge in [-0.05, 0) is 17.7 Å². The van der Waals surface area contributed by atoms with Crippen molar-refractivity contribution in [3.05, 3.63) is 29.5 Å². The first kappa shape index (κ1) is 13.2. The largest absolute Gasteiger partial charge is 0.748 e. The number of nitrogens with zero attached hydrogens (tertiary/aromatic N) is 1. The van der Waals surface area contributed by atoms with E-state index in [1.807, 2.05) is 12.1 Å². The average Bonchev–Trinajstić information content (AvgIpc) is 2.02. The summed E-state index contributed by atoms with van der Waals surface area (Å²) in [4.78, 5) is 4.83. The van der Waals surface area contributed by atoms with Gasteiger partial charge in [-0.2, -0.15) is 0 Å². The van der Waals surface area contributed by atoms with Gasteiger partial charge in [0.2, 0.25) is 6.20 Å². The van der Waals surface area contributed by atoms with Crippen LogP contribution in [0.4, 0.5) is 0 Å². The molecule has 1 rings (SSSR count). The molecule has 0 atom stereocenters. The van der Waals surface area contributed by atoms with Crippen LogP contribution in [-0.4, -0.2) is 26.3 Å². The highest BCUT2D eigenvalue weighted by Gasteiger charge is 2.03. The fraction of sp³-hybridized carbons (Fsp3) is 0.286. The van der Waals surface area contributed by atoms with Crippen molar-refractivity contribution in [3.63, 3.8) is 0 Å². The zero-order valence-electron chi connectivity index (χ0n) is 7.68. The first-order chi connectivity index (χ1) is 6.34. The van der Waals surface area contributed by atoms with Crippen LogP contribution in [0.3, 0.4) is 0 Å². The zero-order valence-corrected chi connectivity index (χ0v) is 9.25. The standard InChI is InChI=1S/C6H7ClNO.CH4O3S/c1-9-8-5-3-2-4-6(8)7;1-5(2,3)4/h2-5H,1H3;1H3,(H,2,3,4)/q+1;/p-1. The van der Waals surface area contributed by atoms with Crippen molar-refractivity contribution in [2.45, 2.75) is 0 Å². The molecule has 0 aliphatic rings. The van der Waals surface area contributed by atoms with Crippen molar-refractivity contribution in [2.24, 2.45) is 0 Å². The summed E-state index contributed by atoms with van der Waals surface area (Å²) in [7, 11) is -2.36. The summed E-state index contributed by atoms with van der Waals surface area (Å²) >= 11 is 5.66. The molecule has 0 N–H and O–H groups in total. The maximum absolute atomic E-state index is 9.08. The van der Waals surface area contributed by atoms with E-state index in [0.29, 0.717) is 11.4 Å². The van der Waals surface area contributed by atoms with Gasteiger partial charge in [0.1, 0.15) is 7.11 Å². The van der Waals surface area contributed by atoms with E-state index in [-0.39, 0.29) is 0 Å². The molecule has 1 aromatic rings. The second-order valence-corrected chi connectivity index (χ2v) is 4.03. The Balaban J connectivity index is 0.000000292. The Labute approximate surface area is 87.6 Å². The lowest BCUT2D eigenvalue weighted by molar-refractivity contribution is -0.883. The van der Waals surface area contributed by atoms with Crippen molar-refractivity contribution in [1.29, 1.82) is 0 Å². The number of halogens is 1. The fourth-order valence-corrected chi connectivity index (χ4v) is 0.754. The molecule has 5 nitrogen and oxygen atoms in total. The molecule has 7 heteroatoms. The quantitative estimate of drug-likeness (QED) is 0.388. The highest BCUT2D eigenvalue weighted by molar-refractivity contribution is 7.84. The van der Waals surface area contributed by atoms with Gasteiger partial charge in [0.25, 0.3) is 0 Å². The lowest BCUT2D eigenvalue weighted by Gasteiger charge is -1.90. The van der Waals surface area contributed by atoms with Crippen LogP contribution in [-0.2, 0) is 10.1 Å². The van der Waals surface area contributed by atoms with Gasteiger partial charge < -0.3 is 4.55 Å². The maximum atomic E-state index is 9.08. The first-order valence-electron chi connectivity index (χ1n) is 3.46. The summed E-state index contributed by atoms with van der Waals surface area (Å²) < 4.78 is 28.7. The summed E-state index contributed by atoms with van der Waals surface area (Å²) in [6, 6.07) is 5.44. The van der Waals surface area contributed by atoms with E-state index in [2.05, 4.69) is 0 Å². The van der Waals surface area contributed by atoms with Gasteiger partial charge in [0, 0.05) is 23.1 Å². The summed E-state index contributed by atoms with van der Waals surface area (Å²) in [6.07, 6.45) is 2.34. The minimum absolute atomic E-state index is 0.569. The molecule has 0 radical (unpaired) electrons. The minimum Gasteiger partial charge on any atom is -0.748 e. The molecule has 0 aromatic carbocycles. The van der Waals surface area contributed by atoms with E-state index in [1.54, 1.807) is 19.4 Å². The number of hydrogen-bond acceptors (Lipinski definition) is 4. The molecule has 0 bridgehead atoms. The highest BCUT2D eigenvalue weighted by atomic mass is 35.5. The molecule has 0 saturated carbocycles. The molecule has 0 amide bonds. The Morgan fingerprint density at radius 2 is 2.00 bits per heavy atom. The monoisotopic (exact) mass is 239 g/mol. The second kappa shape index (κ2) is 5.79. The van der Waals surface area contributed by atoms with E-state index in [1.165, 1.54) is 4.73 Å². The van der Waals surface area contributed by atoms with Crippen LogP contribution in [0.15, 0.2) is 24.4 Å². The van der Waals surface area contributed by atoms with Crippen LogP contribution >= 0.6 is 11.6 Å². The summed E-state index contributed by atoms with van der Waals surface area (Å²) in [5.41, 5.74) is 0. The normalized spacial score (nSPS) is 10.0. The molecular weight excluding hydrogens is 230 g/mol. The van der Waals surface area contributed by atoms with Crippen LogP contribution in [0.25, 0.3) is 0 Å². The number of pyridine rings is 1. The average molecular weight is 240 g/mol. The van der Waals surface area contributed by atoms with Gasteiger partial charge in [0.05, 0.1) is 10.1 Å². The van der Waals surface area contributed by atoms with Gasteiger partial charge in [-0.15, -0.1) is 0 Å². The minimum atomic E-state index is -3.92. The topological polar surface area (TPSA) is 70.3 Å². The van der Waals surface area contributed by atoms with Gasteiger partial charge in [-0.1, -0.05) is 0 Å². The van der Waals surface area contributed by atoms with Crippen LogP contribution < -0.4 is 9.57 Å². The van der Waals surface area contributed by atoms with Crippen molar-refractivity contribution < 1.29 is 22.5 Å². The molecule has 1 heterocycles. The predicted molar refractivity (Wildman–Crippen MR) is 49.8 cm³/mol. The molecule has 80 valence electrons.